The maximum absolute atomic E-state index is 12.8. The van der Waals surface area contributed by atoms with E-state index in [0.717, 1.165) is 0 Å². The molecule has 4 rings (SSSR count). The Kier molecular flexibility index (Phi) is 5.71. The van der Waals surface area contributed by atoms with E-state index < -0.39 is 6.10 Å². The van der Waals surface area contributed by atoms with E-state index in [1.54, 1.807) is 31.4 Å². The molecule has 2 heterocycles. The van der Waals surface area contributed by atoms with Crippen molar-refractivity contribution in [1.29, 1.82) is 0 Å². The van der Waals surface area contributed by atoms with Crippen LogP contribution in [0.4, 0.5) is 0 Å². The monoisotopic (exact) mass is 412 g/mol. The molecule has 2 aromatic carbocycles. The summed E-state index contributed by atoms with van der Waals surface area (Å²) >= 11 is 1.25. The summed E-state index contributed by atoms with van der Waals surface area (Å²) < 4.78 is 22.5. The van der Waals surface area contributed by atoms with E-state index in [-0.39, 0.29) is 17.6 Å². The highest BCUT2D eigenvalue weighted by molar-refractivity contribution is 8.00. The summed E-state index contributed by atoms with van der Waals surface area (Å²) in [5.41, 5.74) is 0.616. The van der Waals surface area contributed by atoms with Gasteiger partial charge in [0.25, 0.3) is 11.1 Å². The van der Waals surface area contributed by atoms with E-state index in [4.69, 9.17) is 18.6 Å². The number of thioether (sulfide) groups is 1. The largest absolute Gasteiger partial charge is 0.497 e. The number of rotatable bonds is 7. The third-order valence-electron chi connectivity index (χ3n) is 4.49. The van der Waals surface area contributed by atoms with Crippen LogP contribution in [0.1, 0.15) is 35.7 Å². The second-order valence-electron chi connectivity index (χ2n) is 6.38. The van der Waals surface area contributed by atoms with Gasteiger partial charge in [-0.1, -0.05) is 30.8 Å². The van der Waals surface area contributed by atoms with Crippen LogP contribution in [0.3, 0.4) is 0 Å². The van der Waals surface area contributed by atoms with Crippen molar-refractivity contribution in [2.45, 2.75) is 29.9 Å². The van der Waals surface area contributed by atoms with Gasteiger partial charge < -0.3 is 18.6 Å². The predicted octanol–water partition coefficient (Wildman–Crippen LogP) is 4.34. The number of ether oxygens (including phenoxy) is 3. The molecule has 150 valence electrons. The van der Waals surface area contributed by atoms with Gasteiger partial charge in [0, 0.05) is 5.56 Å². The van der Waals surface area contributed by atoms with Gasteiger partial charge in [0.2, 0.25) is 6.10 Å². The first-order valence-corrected chi connectivity index (χ1v) is 10.1. The molecule has 1 aromatic heterocycles. The SMILES string of the molecule is CCC(Sc1nnc(C2COc3ccccc3O2)o1)C(=O)c1ccc(OC)cc1. The first-order valence-electron chi connectivity index (χ1n) is 9.24. The summed E-state index contributed by atoms with van der Waals surface area (Å²) in [6.07, 6.45) is 0.146. The second kappa shape index (κ2) is 8.57. The van der Waals surface area contributed by atoms with Crippen LogP contribution in [0.15, 0.2) is 58.2 Å². The lowest BCUT2D eigenvalue weighted by Gasteiger charge is -2.23. The first-order chi connectivity index (χ1) is 14.2. The second-order valence-corrected chi connectivity index (χ2v) is 7.53. The van der Waals surface area contributed by atoms with Crippen LogP contribution in [0, 0.1) is 0 Å². The van der Waals surface area contributed by atoms with Gasteiger partial charge in [0.05, 0.1) is 12.4 Å². The highest BCUT2D eigenvalue weighted by atomic mass is 32.2. The molecule has 3 aromatic rings. The maximum atomic E-state index is 12.8. The summed E-state index contributed by atoms with van der Waals surface area (Å²) in [6, 6.07) is 14.5. The van der Waals surface area contributed by atoms with Gasteiger partial charge in [-0.3, -0.25) is 4.79 Å². The van der Waals surface area contributed by atoms with E-state index in [9.17, 15) is 4.79 Å². The third kappa shape index (κ3) is 4.22. The summed E-state index contributed by atoms with van der Waals surface area (Å²) in [7, 11) is 1.59. The summed E-state index contributed by atoms with van der Waals surface area (Å²) in [4.78, 5) is 12.8. The Bertz CT molecular complexity index is 989. The van der Waals surface area contributed by atoms with Crippen LogP contribution in [-0.2, 0) is 0 Å². The van der Waals surface area contributed by atoms with Crippen molar-refractivity contribution < 1.29 is 23.4 Å². The fraction of sp³-hybridized carbons (Fsp3) is 0.286. The van der Waals surface area contributed by atoms with Crippen molar-refractivity contribution in [2.75, 3.05) is 13.7 Å². The minimum absolute atomic E-state index is 0.00563. The van der Waals surface area contributed by atoms with Crippen LogP contribution >= 0.6 is 11.8 Å². The fourth-order valence-corrected chi connectivity index (χ4v) is 3.80. The molecule has 29 heavy (non-hydrogen) atoms. The van der Waals surface area contributed by atoms with Crippen LogP contribution in [0.5, 0.6) is 17.2 Å². The Morgan fingerprint density at radius 1 is 1.17 bits per heavy atom. The van der Waals surface area contributed by atoms with E-state index in [0.29, 0.717) is 40.3 Å². The number of Topliss-reactive ketones (excluding diaryl/α,β-unsaturated/α-hetero) is 1. The molecule has 7 nitrogen and oxygen atoms in total. The molecule has 1 aliphatic rings. The Morgan fingerprint density at radius 3 is 2.66 bits per heavy atom. The summed E-state index contributed by atoms with van der Waals surface area (Å²) in [5, 5.41) is 8.16. The molecular weight excluding hydrogens is 392 g/mol. The number of benzene rings is 2. The van der Waals surface area contributed by atoms with Crippen molar-refractivity contribution in [3.05, 3.63) is 60.0 Å². The van der Waals surface area contributed by atoms with Gasteiger partial charge in [0.1, 0.15) is 12.4 Å². The molecule has 0 saturated heterocycles. The standard InChI is InChI=1S/C21H20N2O5S/c1-3-18(19(24)13-8-10-14(25-2)11-9-13)29-21-23-22-20(28-21)17-12-26-15-6-4-5-7-16(15)27-17/h4-11,17-18H,3,12H2,1-2H3. The van der Waals surface area contributed by atoms with E-state index in [2.05, 4.69) is 10.2 Å². The van der Waals surface area contributed by atoms with E-state index in [1.165, 1.54) is 11.8 Å². The van der Waals surface area contributed by atoms with E-state index in [1.807, 2.05) is 31.2 Å². The average molecular weight is 412 g/mol. The number of ketones is 1. The topological polar surface area (TPSA) is 83.7 Å². The molecule has 0 radical (unpaired) electrons. The lowest BCUT2D eigenvalue weighted by Crippen LogP contribution is -2.21. The van der Waals surface area contributed by atoms with Crippen molar-refractivity contribution in [3.8, 4) is 17.2 Å². The minimum atomic E-state index is -0.482. The molecule has 0 aliphatic carbocycles. The molecule has 2 atom stereocenters. The van der Waals surface area contributed by atoms with Gasteiger partial charge in [-0.2, -0.15) is 0 Å². The quantitative estimate of drug-likeness (QED) is 0.418. The number of fused-ring (bicyclic) bond motifs is 1. The molecule has 1 aliphatic heterocycles. The third-order valence-corrected chi connectivity index (χ3v) is 5.69. The van der Waals surface area contributed by atoms with Crippen LogP contribution < -0.4 is 14.2 Å². The zero-order valence-corrected chi connectivity index (χ0v) is 16.8. The molecule has 0 bridgehead atoms. The fourth-order valence-electron chi connectivity index (χ4n) is 2.92. The Labute approximate surface area is 172 Å². The molecule has 2 unspecified atom stereocenters. The Hall–Kier alpha value is -3.00. The highest BCUT2D eigenvalue weighted by Crippen LogP contribution is 2.36. The molecule has 8 heteroatoms. The zero-order chi connectivity index (χ0) is 20.2. The molecule has 0 amide bonds. The number of aromatic nitrogens is 2. The predicted molar refractivity (Wildman–Crippen MR) is 107 cm³/mol. The Morgan fingerprint density at radius 2 is 1.93 bits per heavy atom. The van der Waals surface area contributed by atoms with Gasteiger partial charge in [0.15, 0.2) is 17.3 Å². The average Bonchev–Trinajstić information content (AvgIpc) is 3.25. The smallest absolute Gasteiger partial charge is 0.277 e. The highest BCUT2D eigenvalue weighted by Gasteiger charge is 2.29. The molecule has 0 spiro atoms. The molecule has 0 saturated carbocycles. The number of carbonyl (C=O) groups excluding carboxylic acids is 1. The molecule has 0 fully saturated rings. The van der Waals surface area contributed by atoms with Crippen molar-refractivity contribution in [1.82, 2.24) is 10.2 Å². The lowest BCUT2D eigenvalue weighted by atomic mass is 10.1. The van der Waals surface area contributed by atoms with Crippen molar-refractivity contribution >= 4 is 17.5 Å². The van der Waals surface area contributed by atoms with Crippen LogP contribution in [0.25, 0.3) is 0 Å². The number of carbonyl (C=O) groups is 1. The maximum Gasteiger partial charge on any atom is 0.277 e. The first kappa shape index (κ1) is 19.3. The molecular formula is C21H20N2O5S. The van der Waals surface area contributed by atoms with Gasteiger partial charge >= 0.3 is 0 Å². The zero-order valence-electron chi connectivity index (χ0n) is 16.0. The lowest BCUT2D eigenvalue weighted by molar-refractivity contribution is 0.0686. The van der Waals surface area contributed by atoms with Gasteiger partial charge in [-0.25, -0.2) is 0 Å². The number of nitrogens with zero attached hydrogens (tertiary/aromatic N) is 2. The number of para-hydroxylation sites is 2. The van der Waals surface area contributed by atoms with Crippen LogP contribution in [-0.4, -0.2) is 34.9 Å². The summed E-state index contributed by atoms with van der Waals surface area (Å²) in [6.45, 7) is 2.23. The van der Waals surface area contributed by atoms with Gasteiger partial charge in [-0.15, -0.1) is 10.2 Å². The van der Waals surface area contributed by atoms with Gasteiger partial charge in [-0.05, 0) is 42.8 Å². The van der Waals surface area contributed by atoms with E-state index >= 15 is 0 Å². The number of methoxy groups -OCH3 is 1. The van der Waals surface area contributed by atoms with Crippen LogP contribution in [0.2, 0.25) is 0 Å². The number of hydrogen-bond acceptors (Lipinski definition) is 8. The minimum Gasteiger partial charge on any atom is -0.497 e. The normalized spacial score (nSPS) is 16.3. The molecule has 0 N–H and O–H groups in total. The van der Waals surface area contributed by atoms with Crippen molar-refractivity contribution in [2.24, 2.45) is 0 Å². The Balaban J connectivity index is 1.44. The summed E-state index contributed by atoms with van der Waals surface area (Å²) in [5.74, 6) is 2.37. The number of hydrogen-bond donors (Lipinski definition) is 0. The van der Waals surface area contributed by atoms with Crippen molar-refractivity contribution in [3.63, 3.8) is 0 Å².